The van der Waals surface area contributed by atoms with Crippen LogP contribution in [0.1, 0.15) is 16.2 Å². The first-order valence-electron chi connectivity index (χ1n) is 4.72. The van der Waals surface area contributed by atoms with Crippen molar-refractivity contribution in [3.8, 4) is 0 Å². The van der Waals surface area contributed by atoms with Gasteiger partial charge in [-0.1, -0.05) is 5.16 Å². The molecule has 0 aliphatic rings. The van der Waals surface area contributed by atoms with Gasteiger partial charge < -0.3 is 10.3 Å². The van der Waals surface area contributed by atoms with E-state index in [4.69, 9.17) is 10.3 Å². The van der Waals surface area contributed by atoms with E-state index in [0.29, 0.717) is 5.82 Å². The van der Waals surface area contributed by atoms with Gasteiger partial charge in [-0.2, -0.15) is 4.98 Å². The highest BCUT2D eigenvalue weighted by molar-refractivity contribution is 6.03. The SMILES string of the molecule is Cc1noc(NC(=O)c2cc(N)cc(F)c2)n1. The second-order valence-electron chi connectivity index (χ2n) is 3.37. The van der Waals surface area contributed by atoms with Crippen LogP contribution in [0.3, 0.4) is 0 Å². The monoisotopic (exact) mass is 236 g/mol. The first-order chi connectivity index (χ1) is 8.04. The van der Waals surface area contributed by atoms with Crippen molar-refractivity contribution < 1.29 is 13.7 Å². The van der Waals surface area contributed by atoms with E-state index >= 15 is 0 Å². The average molecular weight is 236 g/mol. The molecule has 0 atom stereocenters. The molecule has 2 aromatic rings. The van der Waals surface area contributed by atoms with Crippen LogP contribution < -0.4 is 11.1 Å². The Balaban J connectivity index is 2.19. The number of halogens is 1. The second-order valence-corrected chi connectivity index (χ2v) is 3.37. The third kappa shape index (κ3) is 2.57. The number of anilines is 2. The molecule has 0 radical (unpaired) electrons. The summed E-state index contributed by atoms with van der Waals surface area (Å²) in [5, 5.41) is 5.83. The normalized spacial score (nSPS) is 10.2. The molecule has 0 unspecified atom stereocenters. The van der Waals surface area contributed by atoms with E-state index in [2.05, 4.69) is 15.5 Å². The first-order valence-corrected chi connectivity index (χ1v) is 4.72. The second kappa shape index (κ2) is 4.20. The van der Waals surface area contributed by atoms with Gasteiger partial charge in [0, 0.05) is 11.3 Å². The Labute approximate surface area is 95.6 Å². The minimum atomic E-state index is -0.586. The number of carbonyl (C=O) groups excluding carboxylic acids is 1. The lowest BCUT2D eigenvalue weighted by Crippen LogP contribution is -2.12. The zero-order chi connectivity index (χ0) is 12.4. The van der Waals surface area contributed by atoms with Gasteiger partial charge in [0.2, 0.25) is 0 Å². The third-order valence-corrected chi connectivity index (χ3v) is 1.93. The topological polar surface area (TPSA) is 94.0 Å². The molecule has 7 heteroatoms. The Hall–Kier alpha value is -2.44. The van der Waals surface area contributed by atoms with E-state index < -0.39 is 11.7 Å². The van der Waals surface area contributed by atoms with E-state index in [1.54, 1.807) is 6.92 Å². The number of hydrogen-bond donors (Lipinski definition) is 2. The van der Waals surface area contributed by atoms with E-state index in [9.17, 15) is 9.18 Å². The van der Waals surface area contributed by atoms with Crippen molar-refractivity contribution in [2.45, 2.75) is 6.92 Å². The van der Waals surface area contributed by atoms with Crippen molar-refractivity contribution in [2.75, 3.05) is 11.1 Å². The molecule has 1 heterocycles. The molecule has 0 fully saturated rings. The number of nitrogens with one attached hydrogen (secondary N) is 1. The van der Waals surface area contributed by atoms with Crippen LogP contribution in [0.2, 0.25) is 0 Å². The predicted molar refractivity (Wildman–Crippen MR) is 57.8 cm³/mol. The number of rotatable bonds is 2. The highest BCUT2D eigenvalue weighted by Crippen LogP contribution is 2.12. The highest BCUT2D eigenvalue weighted by Gasteiger charge is 2.11. The van der Waals surface area contributed by atoms with Gasteiger partial charge in [-0.3, -0.25) is 10.1 Å². The zero-order valence-electron chi connectivity index (χ0n) is 8.90. The molecule has 6 nitrogen and oxygen atoms in total. The molecular formula is C10H9FN4O2. The van der Waals surface area contributed by atoms with Crippen molar-refractivity contribution >= 4 is 17.6 Å². The number of aryl methyl sites for hydroxylation is 1. The maximum Gasteiger partial charge on any atom is 0.328 e. The Morgan fingerprint density at radius 2 is 2.24 bits per heavy atom. The van der Waals surface area contributed by atoms with Gasteiger partial charge in [0.1, 0.15) is 5.82 Å². The molecule has 1 aromatic carbocycles. The standard InChI is InChI=1S/C10H9FN4O2/c1-5-13-10(17-15-5)14-9(16)6-2-7(11)4-8(12)3-6/h2-4H,12H2,1H3,(H,13,14,15,16). The largest absolute Gasteiger partial charge is 0.399 e. The smallest absolute Gasteiger partial charge is 0.328 e. The molecule has 0 aliphatic carbocycles. The van der Waals surface area contributed by atoms with Gasteiger partial charge in [-0.25, -0.2) is 4.39 Å². The number of nitrogens with zero attached hydrogens (tertiary/aromatic N) is 2. The Kier molecular flexibility index (Phi) is 2.73. The summed E-state index contributed by atoms with van der Waals surface area (Å²) in [6.07, 6.45) is 0. The van der Waals surface area contributed by atoms with Crippen molar-refractivity contribution in [3.05, 3.63) is 35.4 Å². The molecular weight excluding hydrogens is 227 g/mol. The molecule has 1 amide bonds. The minimum absolute atomic E-state index is 0.0460. The van der Waals surface area contributed by atoms with Crippen molar-refractivity contribution in [3.63, 3.8) is 0 Å². The lowest BCUT2D eigenvalue weighted by molar-refractivity contribution is 0.102. The van der Waals surface area contributed by atoms with E-state index in [1.807, 2.05) is 0 Å². The molecule has 0 bridgehead atoms. The number of amides is 1. The summed E-state index contributed by atoms with van der Waals surface area (Å²) in [5.74, 6) is -0.768. The summed E-state index contributed by atoms with van der Waals surface area (Å²) >= 11 is 0. The van der Waals surface area contributed by atoms with E-state index in [1.165, 1.54) is 6.07 Å². The van der Waals surface area contributed by atoms with E-state index in [-0.39, 0.29) is 17.3 Å². The van der Waals surface area contributed by atoms with Crippen LogP contribution in [-0.4, -0.2) is 16.0 Å². The maximum atomic E-state index is 13.0. The first kappa shape index (κ1) is 11.1. The molecule has 2 rings (SSSR count). The predicted octanol–water partition coefficient (Wildman–Crippen LogP) is 1.35. The van der Waals surface area contributed by atoms with Crippen LogP contribution in [0.25, 0.3) is 0 Å². The number of nitrogens with two attached hydrogens (primary N) is 1. The minimum Gasteiger partial charge on any atom is -0.399 e. The fourth-order valence-electron chi connectivity index (χ4n) is 1.26. The van der Waals surface area contributed by atoms with Crippen LogP contribution in [0.5, 0.6) is 0 Å². The summed E-state index contributed by atoms with van der Waals surface area (Å²) in [4.78, 5) is 15.5. The fraction of sp³-hybridized carbons (Fsp3) is 0.100. The highest BCUT2D eigenvalue weighted by atomic mass is 19.1. The molecule has 0 spiro atoms. The van der Waals surface area contributed by atoms with E-state index in [0.717, 1.165) is 12.1 Å². The van der Waals surface area contributed by atoms with Crippen molar-refractivity contribution in [1.82, 2.24) is 10.1 Å². The zero-order valence-corrected chi connectivity index (χ0v) is 8.90. The Morgan fingerprint density at radius 1 is 1.47 bits per heavy atom. The Morgan fingerprint density at radius 3 is 2.82 bits per heavy atom. The molecule has 3 N–H and O–H groups in total. The number of nitrogen functional groups attached to an aromatic ring is 1. The van der Waals surface area contributed by atoms with Gasteiger partial charge in [0.05, 0.1) is 0 Å². The number of aromatic nitrogens is 2. The maximum absolute atomic E-state index is 13.0. The summed E-state index contributed by atoms with van der Waals surface area (Å²) < 4.78 is 17.7. The number of carbonyl (C=O) groups is 1. The summed E-state index contributed by atoms with van der Waals surface area (Å²) in [7, 11) is 0. The van der Waals surface area contributed by atoms with Gasteiger partial charge in [0.15, 0.2) is 5.82 Å². The van der Waals surface area contributed by atoms with Gasteiger partial charge in [0.25, 0.3) is 5.91 Å². The molecule has 17 heavy (non-hydrogen) atoms. The number of benzene rings is 1. The molecule has 0 aliphatic heterocycles. The third-order valence-electron chi connectivity index (χ3n) is 1.93. The van der Waals surface area contributed by atoms with Crippen LogP contribution >= 0.6 is 0 Å². The molecule has 88 valence electrons. The molecule has 0 saturated carbocycles. The summed E-state index contributed by atoms with van der Waals surface area (Å²) in [6, 6.07) is 3.49. The summed E-state index contributed by atoms with van der Waals surface area (Å²) in [5.41, 5.74) is 5.67. The number of hydrogen-bond acceptors (Lipinski definition) is 5. The van der Waals surface area contributed by atoms with Crippen LogP contribution in [0.4, 0.5) is 16.1 Å². The fourth-order valence-corrected chi connectivity index (χ4v) is 1.26. The van der Waals surface area contributed by atoms with Crippen LogP contribution in [0.15, 0.2) is 22.7 Å². The quantitative estimate of drug-likeness (QED) is 0.767. The lowest BCUT2D eigenvalue weighted by atomic mass is 10.2. The van der Waals surface area contributed by atoms with Crippen LogP contribution in [-0.2, 0) is 0 Å². The van der Waals surface area contributed by atoms with Crippen molar-refractivity contribution in [1.29, 1.82) is 0 Å². The van der Waals surface area contributed by atoms with Gasteiger partial charge in [-0.15, -0.1) is 0 Å². The molecule has 0 saturated heterocycles. The average Bonchev–Trinajstić information content (AvgIpc) is 2.62. The van der Waals surface area contributed by atoms with Gasteiger partial charge >= 0.3 is 6.01 Å². The van der Waals surface area contributed by atoms with Crippen molar-refractivity contribution in [2.24, 2.45) is 0 Å². The van der Waals surface area contributed by atoms with Gasteiger partial charge in [-0.05, 0) is 25.1 Å². The van der Waals surface area contributed by atoms with Crippen LogP contribution in [0, 0.1) is 12.7 Å². The Bertz CT molecular complexity index is 547. The lowest BCUT2D eigenvalue weighted by Gasteiger charge is -2.02. The summed E-state index contributed by atoms with van der Waals surface area (Å²) in [6.45, 7) is 1.61. The molecule has 1 aromatic heterocycles.